The van der Waals surface area contributed by atoms with Crippen molar-refractivity contribution in [2.24, 2.45) is 0 Å². The number of hydrogen-bond acceptors (Lipinski definition) is 4. The lowest BCUT2D eigenvalue weighted by atomic mass is 10.1. The van der Waals surface area contributed by atoms with Crippen LogP contribution in [0, 0.1) is 0 Å². The number of rotatable bonds is 5. The molecule has 3 heterocycles. The minimum atomic E-state index is -3.75. The average molecular weight is 366 g/mol. The van der Waals surface area contributed by atoms with Gasteiger partial charge in [-0.15, -0.1) is 0 Å². The van der Waals surface area contributed by atoms with Crippen molar-refractivity contribution in [3.8, 4) is 11.3 Å². The zero-order valence-electron chi connectivity index (χ0n) is 14.2. The van der Waals surface area contributed by atoms with Gasteiger partial charge in [-0.3, -0.25) is 4.98 Å². The van der Waals surface area contributed by atoms with Gasteiger partial charge in [0.15, 0.2) is 0 Å². The van der Waals surface area contributed by atoms with E-state index in [2.05, 4.69) is 15.3 Å². The van der Waals surface area contributed by atoms with E-state index in [4.69, 9.17) is 0 Å². The molecule has 0 aliphatic rings. The zero-order valence-corrected chi connectivity index (χ0v) is 15.0. The number of aromatic nitrogens is 3. The number of para-hydroxylation sites is 1. The van der Waals surface area contributed by atoms with Crippen LogP contribution < -0.4 is 5.32 Å². The van der Waals surface area contributed by atoms with Gasteiger partial charge in [-0.05, 0) is 36.9 Å². The van der Waals surface area contributed by atoms with E-state index in [1.807, 2.05) is 43.6 Å². The third kappa shape index (κ3) is 2.71. The van der Waals surface area contributed by atoms with Crippen molar-refractivity contribution in [2.75, 3.05) is 7.05 Å². The van der Waals surface area contributed by atoms with Crippen LogP contribution in [0.1, 0.15) is 5.56 Å². The molecule has 3 aromatic heterocycles. The van der Waals surface area contributed by atoms with Crippen molar-refractivity contribution in [1.82, 2.24) is 19.3 Å². The minimum Gasteiger partial charge on any atom is -0.361 e. The van der Waals surface area contributed by atoms with Crippen LogP contribution in [0.4, 0.5) is 0 Å². The largest absolute Gasteiger partial charge is 0.361 e. The van der Waals surface area contributed by atoms with Crippen molar-refractivity contribution in [1.29, 1.82) is 0 Å². The molecule has 0 unspecified atom stereocenters. The van der Waals surface area contributed by atoms with Crippen LogP contribution in [-0.4, -0.2) is 29.4 Å². The Kier molecular flexibility index (Phi) is 4.10. The molecule has 7 heteroatoms. The summed E-state index contributed by atoms with van der Waals surface area (Å²) < 4.78 is 27.8. The second-order valence-corrected chi connectivity index (χ2v) is 7.82. The Hall–Kier alpha value is -2.90. The highest BCUT2D eigenvalue weighted by Gasteiger charge is 2.23. The molecule has 0 spiro atoms. The number of hydrogen-bond donors (Lipinski definition) is 2. The molecule has 0 aliphatic carbocycles. The first kappa shape index (κ1) is 16.6. The highest BCUT2D eigenvalue weighted by molar-refractivity contribution is 7.90. The van der Waals surface area contributed by atoms with E-state index < -0.39 is 10.0 Å². The summed E-state index contributed by atoms with van der Waals surface area (Å²) in [6.45, 7) is 0.573. The minimum absolute atomic E-state index is 0.159. The first-order valence-corrected chi connectivity index (χ1v) is 9.63. The first-order chi connectivity index (χ1) is 12.6. The Labute approximate surface area is 151 Å². The summed E-state index contributed by atoms with van der Waals surface area (Å²) in [5.41, 5.74) is 3.25. The van der Waals surface area contributed by atoms with Crippen molar-refractivity contribution in [3.05, 3.63) is 72.8 Å². The molecule has 132 valence electrons. The number of nitrogens with one attached hydrogen (secondary N) is 2. The SMILES string of the molecule is CNCc1cc(-c2cccc3cc[nH]c23)n(S(=O)(=O)c2cccnc2)c1. The number of pyridine rings is 1. The number of H-pyrrole nitrogens is 1. The van der Waals surface area contributed by atoms with Crippen LogP contribution in [0.2, 0.25) is 0 Å². The summed E-state index contributed by atoms with van der Waals surface area (Å²) in [5.74, 6) is 0. The molecule has 4 aromatic rings. The lowest BCUT2D eigenvalue weighted by Gasteiger charge is -2.11. The van der Waals surface area contributed by atoms with E-state index in [1.165, 1.54) is 10.2 Å². The van der Waals surface area contributed by atoms with Gasteiger partial charge in [-0.1, -0.05) is 18.2 Å². The fourth-order valence-corrected chi connectivity index (χ4v) is 4.46. The van der Waals surface area contributed by atoms with Crippen LogP contribution in [0.15, 0.2) is 72.1 Å². The van der Waals surface area contributed by atoms with Crippen LogP contribution in [0.25, 0.3) is 22.2 Å². The molecule has 0 radical (unpaired) electrons. The number of fused-ring (bicyclic) bond motifs is 1. The van der Waals surface area contributed by atoms with Gasteiger partial charge in [0, 0.05) is 42.3 Å². The van der Waals surface area contributed by atoms with Crippen LogP contribution >= 0.6 is 0 Å². The highest BCUT2D eigenvalue weighted by atomic mass is 32.2. The van der Waals surface area contributed by atoms with Gasteiger partial charge in [-0.2, -0.15) is 0 Å². The highest BCUT2D eigenvalue weighted by Crippen LogP contribution is 2.31. The third-order valence-electron chi connectivity index (χ3n) is 4.28. The normalized spacial score (nSPS) is 11.9. The Morgan fingerprint density at radius 2 is 2.08 bits per heavy atom. The molecule has 0 saturated carbocycles. The Morgan fingerprint density at radius 1 is 1.19 bits per heavy atom. The van der Waals surface area contributed by atoms with Gasteiger partial charge < -0.3 is 10.3 Å². The van der Waals surface area contributed by atoms with Crippen LogP contribution in [-0.2, 0) is 16.6 Å². The van der Waals surface area contributed by atoms with Gasteiger partial charge in [0.2, 0.25) is 0 Å². The third-order valence-corrected chi connectivity index (χ3v) is 5.94. The monoisotopic (exact) mass is 366 g/mol. The summed E-state index contributed by atoms with van der Waals surface area (Å²) in [5, 5.41) is 4.10. The lowest BCUT2D eigenvalue weighted by Crippen LogP contribution is -2.13. The Bertz CT molecular complexity index is 1160. The van der Waals surface area contributed by atoms with Crippen molar-refractivity contribution in [2.45, 2.75) is 11.4 Å². The molecule has 1 aromatic carbocycles. The van der Waals surface area contributed by atoms with Gasteiger partial charge in [0.05, 0.1) is 11.2 Å². The van der Waals surface area contributed by atoms with E-state index >= 15 is 0 Å². The first-order valence-electron chi connectivity index (χ1n) is 8.19. The summed E-state index contributed by atoms with van der Waals surface area (Å²) in [6, 6.07) is 12.9. The fraction of sp³-hybridized carbons (Fsp3) is 0.105. The van der Waals surface area contributed by atoms with E-state index in [0.717, 1.165) is 22.0 Å². The van der Waals surface area contributed by atoms with Crippen molar-refractivity contribution in [3.63, 3.8) is 0 Å². The topological polar surface area (TPSA) is 79.8 Å². The predicted molar refractivity (Wildman–Crippen MR) is 101 cm³/mol. The maximum Gasteiger partial charge on any atom is 0.269 e. The van der Waals surface area contributed by atoms with Gasteiger partial charge in [0.1, 0.15) is 4.90 Å². The predicted octanol–water partition coefficient (Wildman–Crippen LogP) is 2.99. The molecule has 4 rings (SSSR count). The molecule has 0 atom stereocenters. The van der Waals surface area contributed by atoms with Crippen molar-refractivity contribution < 1.29 is 8.42 Å². The fourth-order valence-electron chi connectivity index (χ4n) is 3.10. The summed E-state index contributed by atoms with van der Waals surface area (Å²) in [4.78, 5) is 7.32. The maximum absolute atomic E-state index is 13.2. The number of benzene rings is 1. The van der Waals surface area contributed by atoms with E-state index in [0.29, 0.717) is 12.2 Å². The lowest BCUT2D eigenvalue weighted by molar-refractivity contribution is 0.587. The molecule has 0 bridgehead atoms. The standard InChI is InChI=1S/C19H18N4O2S/c1-20-11-14-10-18(17-6-2-4-15-7-9-22-19(15)17)23(13-14)26(24,25)16-5-3-8-21-12-16/h2-10,12-13,20,22H,11H2,1H3. The quantitative estimate of drug-likeness (QED) is 0.569. The average Bonchev–Trinajstić information content (AvgIpc) is 3.29. The molecule has 0 fully saturated rings. The van der Waals surface area contributed by atoms with E-state index in [1.54, 1.807) is 24.5 Å². The molecule has 26 heavy (non-hydrogen) atoms. The molecular formula is C19H18N4O2S. The molecular weight excluding hydrogens is 348 g/mol. The second-order valence-electron chi connectivity index (χ2n) is 6.00. The molecule has 2 N–H and O–H groups in total. The Balaban J connectivity index is 1.97. The maximum atomic E-state index is 13.2. The van der Waals surface area contributed by atoms with Crippen LogP contribution in [0.3, 0.4) is 0 Å². The van der Waals surface area contributed by atoms with Gasteiger partial charge in [0.25, 0.3) is 10.0 Å². The molecule has 0 amide bonds. The summed E-state index contributed by atoms with van der Waals surface area (Å²) >= 11 is 0. The summed E-state index contributed by atoms with van der Waals surface area (Å²) in [6.07, 6.45) is 6.44. The molecule has 0 aliphatic heterocycles. The van der Waals surface area contributed by atoms with E-state index in [9.17, 15) is 8.42 Å². The smallest absolute Gasteiger partial charge is 0.269 e. The van der Waals surface area contributed by atoms with E-state index in [-0.39, 0.29) is 4.90 Å². The van der Waals surface area contributed by atoms with Crippen LogP contribution in [0.5, 0.6) is 0 Å². The zero-order chi connectivity index (χ0) is 18.1. The number of nitrogens with zero attached hydrogens (tertiary/aromatic N) is 2. The van der Waals surface area contributed by atoms with Crippen molar-refractivity contribution >= 4 is 20.9 Å². The molecule has 6 nitrogen and oxygen atoms in total. The second kappa shape index (κ2) is 6.44. The summed E-state index contributed by atoms with van der Waals surface area (Å²) in [7, 11) is -1.92. The Morgan fingerprint density at radius 3 is 2.85 bits per heavy atom. The van der Waals surface area contributed by atoms with Gasteiger partial charge in [-0.25, -0.2) is 12.4 Å². The molecule has 0 saturated heterocycles. The van der Waals surface area contributed by atoms with Gasteiger partial charge >= 0.3 is 0 Å². The number of aromatic amines is 1.